The number of hydrogen-bond donors (Lipinski definition) is 2. The molecule has 6 heteroatoms. The predicted octanol–water partition coefficient (Wildman–Crippen LogP) is 4.17. The highest BCUT2D eigenvalue weighted by atomic mass is 79.9. The maximum atomic E-state index is 5.26. The van der Waals surface area contributed by atoms with Crippen molar-refractivity contribution < 1.29 is 4.74 Å². The highest BCUT2D eigenvalue weighted by Gasteiger charge is 2.03. The minimum absolute atomic E-state index is 0.404. The Morgan fingerprint density at radius 3 is 2.50 bits per heavy atom. The van der Waals surface area contributed by atoms with Crippen LogP contribution < -0.4 is 15.5 Å². The van der Waals surface area contributed by atoms with E-state index in [2.05, 4.69) is 31.8 Å². The van der Waals surface area contributed by atoms with Crippen LogP contribution in [0.1, 0.15) is 12.5 Å². The van der Waals surface area contributed by atoms with Crippen LogP contribution in [0.25, 0.3) is 0 Å². The maximum absolute atomic E-state index is 5.26. The molecule has 0 atom stereocenters. The molecular formula is C16H16BrN3OS. The molecule has 2 N–H and O–H groups in total. The van der Waals surface area contributed by atoms with Crippen LogP contribution in [-0.4, -0.2) is 17.9 Å². The molecule has 0 heterocycles. The zero-order valence-electron chi connectivity index (χ0n) is 12.3. The zero-order valence-corrected chi connectivity index (χ0v) is 14.7. The molecule has 2 rings (SSSR count). The summed E-state index contributed by atoms with van der Waals surface area (Å²) in [6, 6.07) is 15.5. The number of thiocarbonyl (C=S) groups is 1. The molecule has 0 aliphatic carbocycles. The van der Waals surface area contributed by atoms with E-state index in [1.54, 1.807) is 7.11 Å². The van der Waals surface area contributed by atoms with Gasteiger partial charge in [-0.2, -0.15) is 5.10 Å². The van der Waals surface area contributed by atoms with Crippen molar-refractivity contribution in [3.8, 4) is 5.75 Å². The van der Waals surface area contributed by atoms with E-state index in [0.717, 1.165) is 27.2 Å². The van der Waals surface area contributed by atoms with Crippen LogP contribution in [0.2, 0.25) is 0 Å². The second-order valence-electron chi connectivity index (χ2n) is 4.47. The second kappa shape index (κ2) is 7.91. The number of benzene rings is 2. The number of ether oxygens (including phenoxy) is 1. The fourth-order valence-electron chi connectivity index (χ4n) is 1.79. The first-order chi connectivity index (χ1) is 10.6. The highest BCUT2D eigenvalue weighted by Crippen LogP contribution is 2.22. The fourth-order valence-corrected chi connectivity index (χ4v) is 2.21. The Morgan fingerprint density at radius 2 is 1.82 bits per heavy atom. The van der Waals surface area contributed by atoms with E-state index in [1.165, 1.54) is 0 Å². The van der Waals surface area contributed by atoms with Crippen molar-refractivity contribution in [2.45, 2.75) is 6.92 Å². The third kappa shape index (κ3) is 4.54. The monoisotopic (exact) mass is 377 g/mol. The van der Waals surface area contributed by atoms with E-state index in [9.17, 15) is 0 Å². The number of halogens is 1. The molecule has 4 nitrogen and oxygen atoms in total. The van der Waals surface area contributed by atoms with Crippen LogP contribution in [0.5, 0.6) is 5.75 Å². The number of anilines is 1. The summed E-state index contributed by atoms with van der Waals surface area (Å²) >= 11 is 8.65. The molecule has 0 saturated carbocycles. The van der Waals surface area contributed by atoms with Crippen LogP contribution in [0.3, 0.4) is 0 Å². The molecule has 0 aliphatic rings. The van der Waals surface area contributed by atoms with Gasteiger partial charge < -0.3 is 10.1 Å². The Bertz CT molecular complexity index is 686. The van der Waals surface area contributed by atoms with Crippen molar-refractivity contribution in [1.29, 1.82) is 0 Å². The van der Waals surface area contributed by atoms with Crippen molar-refractivity contribution in [3.63, 3.8) is 0 Å². The molecule has 2 aromatic carbocycles. The minimum atomic E-state index is 0.404. The summed E-state index contributed by atoms with van der Waals surface area (Å²) in [7, 11) is 1.62. The van der Waals surface area contributed by atoms with Gasteiger partial charge in [-0.15, -0.1) is 0 Å². The van der Waals surface area contributed by atoms with Gasteiger partial charge in [0.25, 0.3) is 0 Å². The SMILES string of the molecule is COc1ccccc1NC(=S)N/N=C(/C)c1ccc(Br)cc1. The van der Waals surface area contributed by atoms with E-state index in [0.29, 0.717) is 5.11 Å². The van der Waals surface area contributed by atoms with Gasteiger partial charge in [-0.05, 0) is 49.0 Å². The van der Waals surface area contributed by atoms with E-state index < -0.39 is 0 Å². The van der Waals surface area contributed by atoms with Gasteiger partial charge in [0.1, 0.15) is 5.75 Å². The first-order valence-corrected chi connectivity index (χ1v) is 7.80. The standard InChI is InChI=1S/C16H16BrN3OS/c1-11(12-7-9-13(17)10-8-12)19-20-16(22)18-14-5-3-4-6-15(14)21-2/h3-10H,1-2H3,(H2,18,20,22)/b19-11-. The summed E-state index contributed by atoms with van der Waals surface area (Å²) < 4.78 is 6.29. The largest absolute Gasteiger partial charge is 0.495 e. The Hall–Kier alpha value is -1.92. The van der Waals surface area contributed by atoms with Crippen LogP contribution in [0.15, 0.2) is 58.1 Å². The van der Waals surface area contributed by atoms with Crippen molar-refractivity contribution in [2.24, 2.45) is 5.10 Å². The van der Waals surface area contributed by atoms with E-state index >= 15 is 0 Å². The zero-order chi connectivity index (χ0) is 15.9. The molecule has 114 valence electrons. The lowest BCUT2D eigenvalue weighted by Gasteiger charge is -2.11. The van der Waals surface area contributed by atoms with Crippen molar-refractivity contribution in [3.05, 3.63) is 58.6 Å². The van der Waals surface area contributed by atoms with Gasteiger partial charge in [-0.25, -0.2) is 0 Å². The highest BCUT2D eigenvalue weighted by molar-refractivity contribution is 9.10. The van der Waals surface area contributed by atoms with Crippen molar-refractivity contribution in [1.82, 2.24) is 5.43 Å². The van der Waals surface area contributed by atoms with Crippen LogP contribution in [-0.2, 0) is 0 Å². The average molecular weight is 378 g/mol. The van der Waals surface area contributed by atoms with Crippen molar-refractivity contribution in [2.75, 3.05) is 12.4 Å². The maximum Gasteiger partial charge on any atom is 0.191 e. The van der Waals surface area contributed by atoms with E-state index in [-0.39, 0.29) is 0 Å². The molecule has 0 radical (unpaired) electrons. The number of hydrazone groups is 1. The van der Waals surface area contributed by atoms with Gasteiger partial charge in [0.15, 0.2) is 5.11 Å². The van der Waals surface area contributed by atoms with Crippen LogP contribution in [0.4, 0.5) is 5.69 Å². The molecule has 0 unspecified atom stereocenters. The van der Waals surface area contributed by atoms with Gasteiger partial charge in [-0.3, -0.25) is 5.43 Å². The molecule has 0 aliphatic heterocycles. The van der Waals surface area contributed by atoms with Gasteiger partial charge in [0.05, 0.1) is 18.5 Å². The number of nitrogens with zero attached hydrogens (tertiary/aromatic N) is 1. The molecule has 0 spiro atoms. The summed E-state index contributed by atoms with van der Waals surface area (Å²) in [4.78, 5) is 0. The van der Waals surface area contributed by atoms with Gasteiger partial charge in [-0.1, -0.05) is 40.2 Å². The quantitative estimate of drug-likeness (QED) is 0.476. The number of para-hydroxylation sites is 2. The molecule has 22 heavy (non-hydrogen) atoms. The topological polar surface area (TPSA) is 45.6 Å². The molecular weight excluding hydrogens is 362 g/mol. The third-order valence-electron chi connectivity index (χ3n) is 2.94. The van der Waals surface area contributed by atoms with Crippen LogP contribution in [0, 0.1) is 0 Å². The second-order valence-corrected chi connectivity index (χ2v) is 5.79. The predicted molar refractivity (Wildman–Crippen MR) is 98.7 cm³/mol. The first kappa shape index (κ1) is 16.5. The van der Waals surface area contributed by atoms with Crippen molar-refractivity contribution >= 4 is 44.7 Å². The summed E-state index contributed by atoms with van der Waals surface area (Å²) in [5.41, 5.74) is 5.50. The van der Waals surface area contributed by atoms with E-state index in [1.807, 2.05) is 55.5 Å². The summed E-state index contributed by atoms with van der Waals surface area (Å²) in [5, 5.41) is 7.74. The van der Waals surface area contributed by atoms with Gasteiger partial charge in [0, 0.05) is 4.47 Å². The Labute approximate surface area is 143 Å². The number of hydrogen-bond acceptors (Lipinski definition) is 3. The Morgan fingerprint density at radius 1 is 1.14 bits per heavy atom. The summed E-state index contributed by atoms with van der Waals surface area (Å²) in [6.07, 6.45) is 0. The summed E-state index contributed by atoms with van der Waals surface area (Å²) in [6.45, 7) is 1.92. The molecule has 0 amide bonds. The normalized spacial score (nSPS) is 11.0. The Kier molecular flexibility index (Phi) is 5.91. The number of nitrogens with one attached hydrogen (secondary N) is 2. The summed E-state index contributed by atoms with van der Waals surface area (Å²) in [5.74, 6) is 0.722. The third-order valence-corrected chi connectivity index (χ3v) is 3.66. The Balaban J connectivity index is 2.00. The van der Waals surface area contributed by atoms with Crippen LogP contribution >= 0.6 is 28.1 Å². The minimum Gasteiger partial charge on any atom is -0.495 e. The molecule has 0 fully saturated rings. The first-order valence-electron chi connectivity index (χ1n) is 6.60. The smallest absolute Gasteiger partial charge is 0.191 e. The lowest BCUT2D eigenvalue weighted by atomic mass is 10.1. The molecule has 0 saturated heterocycles. The molecule has 2 aromatic rings. The van der Waals surface area contributed by atoms with Gasteiger partial charge >= 0.3 is 0 Å². The average Bonchev–Trinajstić information content (AvgIpc) is 2.54. The van der Waals surface area contributed by atoms with Gasteiger partial charge in [0.2, 0.25) is 0 Å². The van der Waals surface area contributed by atoms with E-state index in [4.69, 9.17) is 17.0 Å². The lowest BCUT2D eigenvalue weighted by molar-refractivity contribution is 0.417. The lowest BCUT2D eigenvalue weighted by Crippen LogP contribution is -2.25. The molecule has 0 aromatic heterocycles. The number of rotatable bonds is 4. The molecule has 0 bridgehead atoms. The number of methoxy groups -OCH3 is 1. The fraction of sp³-hybridized carbons (Fsp3) is 0.125.